The average Bonchev–Trinajstić information content (AvgIpc) is 2.25. The molecule has 1 aromatic heterocycles. The Balaban J connectivity index is 0.00000128. The van der Waals surface area contributed by atoms with Crippen LogP contribution in [0, 0.1) is 5.41 Å². The monoisotopic (exact) mass is 243 g/mol. The molecule has 2 rings (SSSR count). The van der Waals surface area contributed by atoms with E-state index in [1.165, 1.54) is 0 Å². The first-order valence-electron chi connectivity index (χ1n) is 4.68. The van der Waals surface area contributed by atoms with Gasteiger partial charge in [-0.15, -0.1) is 12.4 Å². The number of carbonyl (C=O) groups excluding carboxylic acids is 1. The Morgan fingerprint density at radius 3 is 2.75 bits per heavy atom. The maximum Gasteiger partial charge on any atom is 0.243 e. The third-order valence-electron chi connectivity index (χ3n) is 2.63. The first-order valence-corrected chi connectivity index (χ1v) is 4.68. The minimum atomic E-state index is -0.410. The lowest BCUT2D eigenvalue weighted by Crippen LogP contribution is -2.63. The highest BCUT2D eigenvalue weighted by molar-refractivity contribution is 5.85. The van der Waals surface area contributed by atoms with Crippen LogP contribution in [0.15, 0.2) is 18.6 Å². The van der Waals surface area contributed by atoms with Gasteiger partial charge in [0.15, 0.2) is 0 Å². The molecule has 3 N–H and O–H groups in total. The van der Waals surface area contributed by atoms with Crippen molar-refractivity contribution in [3.05, 3.63) is 18.6 Å². The molecule has 0 atom stereocenters. The van der Waals surface area contributed by atoms with Gasteiger partial charge in [-0.25, -0.2) is 10.8 Å². The number of hydrazine groups is 1. The molecule has 1 amide bonds. The zero-order valence-electron chi connectivity index (χ0n) is 8.88. The fourth-order valence-electron chi connectivity index (χ4n) is 1.73. The molecule has 1 aromatic rings. The minimum absolute atomic E-state index is 0. The molecular formula is C9H14ClN5O. The first-order chi connectivity index (χ1) is 7.15. The number of hydrogen-bond acceptors (Lipinski definition) is 5. The SMILES string of the molecule is CC1(C(=O)NN)CN(c2cnccn2)C1.Cl. The molecule has 1 aliphatic rings. The lowest BCUT2D eigenvalue weighted by Gasteiger charge is -2.46. The van der Waals surface area contributed by atoms with Crippen molar-refractivity contribution in [3.63, 3.8) is 0 Å². The summed E-state index contributed by atoms with van der Waals surface area (Å²) in [6.07, 6.45) is 4.93. The Morgan fingerprint density at radius 1 is 1.56 bits per heavy atom. The molecule has 0 saturated carbocycles. The van der Waals surface area contributed by atoms with Gasteiger partial charge < -0.3 is 4.90 Å². The third kappa shape index (κ3) is 2.07. The van der Waals surface area contributed by atoms with Gasteiger partial charge in [0.05, 0.1) is 11.6 Å². The number of nitrogens with zero attached hydrogens (tertiary/aromatic N) is 3. The predicted molar refractivity (Wildman–Crippen MR) is 61.9 cm³/mol. The molecule has 16 heavy (non-hydrogen) atoms. The summed E-state index contributed by atoms with van der Waals surface area (Å²) in [5.41, 5.74) is 1.77. The number of aromatic nitrogens is 2. The first kappa shape index (κ1) is 12.7. The molecule has 0 aromatic carbocycles. The van der Waals surface area contributed by atoms with Gasteiger partial charge >= 0.3 is 0 Å². The molecule has 2 heterocycles. The molecule has 7 heteroatoms. The van der Waals surface area contributed by atoms with Gasteiger partial charge in [-0.1, -0.05) is 0 Å². The van der Waals surface area contributed by atoms with E-state index >= 15 is 0 Å². The second-order valence-electron chi connectivity index (χ2n) is 3.95. The van der Waals surface area contributed by atoms with Gasteiger partial charge in [0.25, 0.3) is 0 Å². The van der Waals surface area contributed by atoms with Gasteiger partial charge in [-0.05, 0) is 6.92 Å². The van der Waals surface area contributed by atoms with Gasteiger partial charge in [0.1, 0.15) is 5.82 Å². The summed E-state index contributed by atoms with van der Waals surface area (Å²) >= 11 is 0. The summed E-state index contributed by atoms with van der Waals surface area (Å²) in [4.78, 5) is 21.5. The predicted octanol–water partition coefficient (Wildman–Crippen LogP) is -0.285. The molecule has 1 saturated heterocycles. The molecule has 0 bridgehead atoms. The van der Waals surface area contributed by atoms with Crippen molar-refractivity contribution in [2.45, 2.75) is 6.92 Å². The molecule has 0 unspecified atom stereocenters. The number of amides is 1. The van der Waals surface area contributed by atoms with Crippen molar-refractivity contribution in [2.24, 2.45) is 11.3 Å². The molecule has 0 spiro atoms. The lowest BCUT2D eigenvalue weighted by atomic mass is 9.81. The fourth-order valence-corrected chi connectivity index (χ4v) is 1.73. The minimum Gasteiger partial charge on any atom is -0.353 e. The molecule has 1 aliphatic heterocycles. The Hall–Kier alpha value is -1.40. The zero-order valence-corrected chi connectivity index (χ0v) is 9.70. The largest absolute Gasteiger partial charge is 0.353 e. The van der Waals surface area contributed by atoms with Crippen LogP contribution in [0.5, 0.6) is 0 Å². The van der Waals surface area contributed by atoms with Gasteiger partial charge in [-0.2, -0.15) is 0 Å². The van der Waals surface area contributed by atoms with Crippen molar-refractivity contribution in [2.75, 3.05) is 18.0 Å². The molecule has 0 radical (unpaired) electrons. The fraction of sp³-hybridized carbons (Fsp3) is 0.444. The number of carbonyl (C=O) groups is 1. The second kappa shape index (κ2) is 4.63. The number of nitrogens with one attached hydrogen (secondary N) is 1. The molecule has 88 valence electrons. The van der Waals surface area contributed by atoms with E-state index in [2.05, 4.69) is 15.4 Å². The van der Waals surface area contributed by atoms with Gasteiger partial charge in [-0.3, -0.25) is 15.2 Å². The molecule has 0 aliphatic carbocycles. The summed E-state index contributed by atoms with van der Waals surface area (Å²) in [6, 6.07) is 0. The van der Waals surface area contributed by atoms with E-state index in [4.69, 9.17) is 5.84 Å². The molecular weight excluding hydrogens is 230 g/mol. The standard InChI is InChI=1S/C9H13N5O.ClH/c1-9(8(15)13-10)5-14(6-9)7-4-11-2-3-12-7;/h2-4H,5-6,10H2,1H3,(H,13,15);1H. The highest BCUT2D eigenvalue weighted by Gasteiger charge is 2.45. The van der Waals surface area contributed by atoms with Crippen LogP contribution < -0.4 is 16.2 Å². The van der Waals surface area contributed by atoms with E-state index in [-0.39, 0.29) is 18.3 Å². The smallest absolute Gasteiger partial charge is 0.243 e. The van der Waals surface area contributed by atoms with Crippen molar-refractivity contribution in [3.8, 4) is 0 Å². The number of nitrogens with two attached hydrogens (primary N) is 1. The summed E-state index contributed by atoms with van der Waals surface area (Å²) in [5.74, 6) is 5.76. The molecule has 6 nitrogen and oxygen atoms in total. The van der Waals surface area contributed by atoms with E-state index in [0.29, 0.717) is 13.1 Å². The quantitative estimate of drug-likeness (QED) is 0.424. The second-order valence-corrected chi connectivity index (χ2v) is 3.95. The van der Waals surface area contributed by atoms with Crippen LogP contribution in [-0.4, -0.2) is 29.0 Å². The average molecular weight is 244 g/mol. The Labute approximate surface area is 99.6 Å². The topological polar surface area (TPSA) is 84.1 Å². The number of hydrogen-bond donors (Lipinski definition) is 2. The van der Waals surface area contributed by atoms with Crippen LogP contribution in [0.3, 0.4) is 0 Å². The highest BCUT2D eigenvalue weighted by atomic mass is 35.5. The third-order valence-corrected chi connectivity index (χ3v) is 2.63. The normalized spacial score (nSPS) is 17.0. The van der Waals surface area contributed by atoms with Crippen molar-refractivity contribution >= 4 is 24.1 Å². The number of rotatable bonds is 2. The van der Waals surface area contributed by atoms with Gasteiger partial charge in [0.2, 0.25) is 5.91 Å². The zero-order chi connectivity index (χ0) is 10.9. The summed E-state index contributed by atoms with van der Waals surface area (Å²) in [7, 11) is 0. The van der Waals surface area contributed by atoms with E-state index in [1.807, 2.05) is 11.8 Å². The van der Waals surface area contributed by atoms with Crippen LogP contribution in [0.2, 0.25) is 0 Å². The van der Waals surface area contributed by atoms with E-state index < -0.39 is 5.41 Å². The van der Waals surface area contributed by atoms with Crippen LogP contribution >= 0.6 is 12.4 Å². The summed E-state index contributed by atoms with van der Waals surface area (Å²) < 4.78 is 0. The van der Waals surface area contributed by atoms with Crippen LogP contribution in [-0.2, 0) is 4.79 Å². The maximum atomic E-state index is 11.4. The number of anilines is 1. The van der Waals surface area contributed by atoms with E-state index in [9.17, 15) is 4.79 Å². The van der Waals surface area contributed by atoms with Crippen LogP contribution in [0.25, 0.3) is 0 Å². The highest BCUT2D eigenvalue weighted by Crippen LogP contribution is 2.32. The Morgan fingerprint density at radius 2 is 2.25 bits per heavy atom. The van der Waals surface area contributed by atoms with Crippen LogP contribution in [0.4, 0.5) is 5.82 Å². The summed E-state index contributed by atoms with van der Waals surface area (Å²) in [6.45, 7) is 3.12. The summed E-state index contributed by atoms with van der Waals surface area (Å²) in [5, 5.41) is 0. The molecule has 1 fully saturated rings. The van der Waals surface area contributed by atoms with Crippen LogP contribution in [0.1, 0.15) is 6.92 Å². The Kier molecular flexibility index (Phi) is 3.66. The maximum absolute atomic E-state index is 11.4. The van der Waals surface area contributed by atoms with Crippen molar-refractivity contribution < 1.29 is 4.79 Å². The van der Waals surface area contributed by atoms with Crippen molar-refractivity contribution in [1.82, 2.24) is 15.4 Å². The van der Waals surface area contributed by atoms with Crippen molar-refractivity contribution in [1.29, 1.82) is 0 Å². The number of halogens is 1. The Bertz CT molecular complexity index is 365. The lowest BCUT2D eigenvalue weighted by molar-refractivity contribution is -0.131. The van der Waals surface area contributed by atoms with E-state index in [0.717, 1.165) is 5.82 Å². The van der Waals surface area contributed by atoms with E-state index in [1.54, 1.807) is 18.6 Å². The van der Waals surface area contributed by atoms with Gasteiger partial charge in [0, 0.05) is 25.5 Å².